The van der Waals surface area contributed by atoms with Crippen LogP contribution in [0.1, 0.15) is 12.5 Å². The Kier molecular flexibility index (Phi) is 2.54. The second-order valence-corrected chi connectivity index (χ2v) is 3.36. The zero-order valence-corrected chi connectivity index (χ0v) is 8.44. The first kappa shape index (κ1) is 9.52. The number of H-pyrrole nitrogens is 1. The molecule has 0 saturated carbocycles. The van der Waals surface area contributed by atoms with Crippen LogP contribution >= 0.6 is 0 Å². The van der Waals surface area contributed by atoms with Crippen molar-refractivity contribution in [2.45, 2.75) is 6.92 Å². The summed E-state index contributed by atoms with van der Waals surface area (Å²) in [5, 5.41) is 12.8. The smallest absolute Gasteiger partial charge is 0.0765 e. The molecule has 0 unspecified atom stereocenters. The Bertz CT molecular complexity index is 523. The highest BCUT2D eigenvalue weighted by atomic mass is 16.4. The average Bonchev–Trinajstić information content (AvgIpc) is 2.69. The molecule has 1 aromatic heterocycles. The molecule has 0 amide bonds. The highest BCUT2D eigenvalue weighted by Gasteiger charge is 1.98. The Morgan fingerprint density at radius 3 is 3.00 bits per heavy atom. The summed E-state index contributed by atoms with van der Waals surface area (Å²) in [6.07, 6.45) is 5.63. The Labute approximate surface area is 87.7 Å². The summed E-state index contributed by atoms with van der Waals surface area (Å²) in [7, 11) is 0. The average molecular weight is 200 g/mol. The number of hydrogen-bond donors (Lipinski definition) is 2. The zero-order chi connectivity index (χ0) is 10.7. The van der Waals surface area contributed by atoms with E-state index in [-0.39, 0.29) is 0 Å². The minimum Gasteiger partial charge on any atom is -0.411 e. The molecule has 0 spiro atoms. The molecule has 2 rings (SSSR count). The minimum absolute atomic E-state index is 0.584. The lowest BCUT2D eigenvalue weighted by molar-refractivity contribution is 0.319. The van der Waals surface area contributed by atoms with Crippen molar-refractivity contribution >= 4 is 22.7 Å². The van der Waals surface area contributed by atoms with Gasteiger partial charge in [-0.1, -0.05) is 29.4 Å². The van der Waals surface area contributed by atoms with Gasteiger partial charge in [0, 0.05) is 17.1 Å². The number of aromatic nitrogens is 1. The van der Waals surface area contributed by atoms with Crippen molar-refractivity contribution in [2.24, 2.45) is 5.16 Å². The summed E-state index contributed by atoms with van der Waals surface area (Å²) in [6.45, 7) is 1.74. The number of aromatic amines is 1. The molecule has 0 bridgehead atoms. The van der Waals surface area contributed by atoms with Crippen molar-refractivity contribution in [3.8, 4) is 0 Å². The lowest BCUT2D eigenvalue weighted by atomic mass is 10.1. The summed E-state index contributed by atoms with van der Waals surface area (Å²) in [5.74, 6) is 0. The van der Waals surface area contributed by atoms with Gasteiger partial charge in [-0.05, 0) is 24.6 Å². The fourth-order valence-corrected chi connectivity index (χ4v) is 1.48. The van der Waals surface area contributed by atoms with E-state index in [2.05, 4.69) is 16.2 Å². The molecule has 1 aromatic carbocycles. The van der Waals surface area contributed by atoms with E-state index in [4.69, 9.17) is 5.21 Å². The summed E-state index contributed by atoms with van der Waals surface area (Å²) in [6, 6.07) is 8.07. The highest BCUT2D eigenvalue weighted by molar-refractivity contribution is 5.98. The number of nitrogens with one attached hydrogen (secondary N) is 1. The van der Waals surface area contributed by atoms with E-state index in [9.17, 15) is 0 Å². The van der Waals surface area contributed by atoms with Crippen LogP contribution in [0.3, 0.4) is 0 Å². The molecule has 0 fully saturated rings. The molecule has 0 atom stereocenters. The van der Waals surface area contributed by atoms with Crippen molar-refractivity contribution in [3.05, 3.63) is 42.1 Å². The molecule has 2 aromatic rings. The quantitative estimate of drug-likeness (QED) is 0.437. The van der Waals surface area contributed by atoms with Gasteiger partial charge < -0.3 is 10.2 Å². The fourth-order valence-electron chi connectivity index (χ4n) is 1.48. The third kappa shape index (κ3) is 1.91. The largest absolute Gasteiger partial charge is 0.411 e. The van der Waals surface area contributed by atoms with Crippen molar-refractivity contribution < 1.29 is 5.21 Å². The molecule has 15 heavy (non-hydrogen) atoms. The summed E-state index contributed by atoms with van der Waals surface area (Å²) in [4.78, 5) is 3.18. The van der Waals surface area contributed by atoms with Crippen LogP contribution < -0.4 is 0 Å². The topological polar surface area (TPSA) is 48.4 Å². The Balaban J connectivity index is 2.41. The molecule has 3 heteroatoms. The first-order valence-corrected chi connectivity index (χ1v) is 4.74. The fraction of sp³-hybridized carbons (Fsp3) is 0.0833. The second-order valence-electron chi connectivity index (χ2n) is 3.36. The van der Waals surface area contributed by atoms with Gasteiger partial charge in [-0.3, -0.25) is 0 Å². The maximum Gasteiger partial charge on any atom is 0.0765 e. The van der Waals surface area contributed by atoms with Gasteiger partial charge in [0.15, 0.2) is 0 Å². The number of rotatable bonds is 2. The third-order valence-electron chi connectivity index (χ3n) is 2.28. The third-order valence-corrected chi connectivity index (χ3v) is 2.28. The highest BCUT2D eigenvalue weighted by Crippen LogP contribution is 2.18. The van der Waals surface area contributed by atoms with Crippen molar-refractivity contribution in [1.29, 1.82) is 0 Å². The number of para-hydroxylation sites is 1. The molecular weight excluding hydrogens is 188 g/mol. The number of oxime groups is 1. The molecular formula is C12H12N2O. The molecule has 2 N–H and O–H groups in total. The van der Waals surface area contributed by atoms with Gasteiger partial charge in [-0.25, -0.2) is 0 Å². The lowest BCUT2D eigenvalue weighted by Gasteiger charge is -1.90. The van der Waals surface area contributed by atoms with Gasteiger partial charge in [0.1, 0.15) is 0 Å². The Hall–Kier alpha value is -2.03. The van der Waals surface area contributed by atoms with Crippen LogP contribution in [0.15, 0.2) is 41.7 Å². The normalized spacial score (nSPS) is 12.7. The summed E-state index contributed by atoms with van der Waals surface area (Å²) >= 11 is 0. The first-order chi connectivity index (χ1) is 7.31. The van der Waals surface area contributed by atoms with Gasteiger partial charge in [0.05, 0.1) is 5.71 Å². The van der Waals surface area contributed by atoms with Crippen LogP contribution in [0.5, 0.6) is 0 Å². The van der Waals surface area contributed by atoms with Crippen LogP contribution in [0.4, 0.5) is 0 Å². The SMILES string of the molecule is CC(/C=C/c1c[nH]c2ccccc12)=N\O. The van der Waals surface area contributed by atoms with E-state index in [0.29, 0.717) is 5.71 Å². The number of nitrogens with zero attached hydrogens (tertiary/aromatic N) is 1. The van der Waals surface area contributed by atoms with Gasteiger partial charge in [-0.15, -0.1) is 0 Å². The molecule has 0 aliphatic rings. The monoisotopic (exact) mass is 200 g/mol. The molecule has 0 radical (unpaired) electrons. The predicted molar refractivity (Wildman–Crippen MR) is 62.2 cm³/mol. The maximum atomic E-state index is 8.51. The molecule has 1 heterocycles. The summed E-state index contributed by atoms with van der Waals surface area (Å²) < 4.78 is 0. The summed E-state index contributed by atoms with van der Waals surface area (Å²) in [5.41, 5.74) is 2.78. The van der Waals surface area contributed by atoms with Crippen LogP contribution in [-0.2, 0) is 0 Å². The van der Waals surface area contributed by atoms with Gasteiger partial charge in [-0.2, -0.15) is 0 Å². The van der Waals surface area contributed by atoms with Crippen LogP contribution in [0.25, 0.3) is 17.0 Å². The van der Waals surface area contributed by atoms with E-state index in [0.717, 1.165) is 11.1 Å². The van der Waals surface area contributed by atoms with Crippen LogP contribution in [0, 0.1) is 0 Å². The van der Waals surface area contributed by atoms with Gasteiger partial charge >= 0.3 is 0 Å². The van der Waals surface area contributed by atoms with E-state index in [1.807, 2.05) is 30.5 Å². The zero-order valence-electron chi connectivity index (χ0n) is 8.44. The Morgan fingerprint density at radius 2 is 2.20 bits per heavy atom. The number of allylic oxidation sites excluding steroid dienone is 1. The van der Waals surface area contributed by atoms with Crippen LogP contribution in [-0.4, -0.2) is 15.9 Å². The maximum absolute atomic E-state index is 8.51. The molecule has 0 aliphatic carbocycles. The lowest BCUT2D eigenvalue weighted by Crippen LogP contribution is -1.81. The van der Waals surface area contributed by atoms with E-state index in [1.165, 1.54) is 5.39 Å². The van der Waals surface area contributed by atoms with Crippen molar-refractivity contribution in [3.63, 3.8) is 0 Å². The van der Waals surface area contributed by atoms with Crippen LogP contribution in [0.2, 0.25) is 0 Å². The van der Waals surface area contributed by atoms with Crippen molar-refractivity contribution in [1.82, 2.24) is 4.98 Å². The standard InChI is InChI=1S/C12H12N2O/c1-9(14-15)6-7-10-8-13-12-5-3-2-4-11(10)12/h2-8,13,15H,1H3/b7-6+,14-9+. The molecule has 0 aliphatic heterocycles. The predicted octanol–water partition coefficient (Wildman–Crippen LogP) is 3.03. The minimum atomic E-state index is 0.584. The van der Waals surface area contributed by atoms with E-state index >= 15 is 0 Å². The van der Waals surface area contributed by atoms with Crippen molar-refractivity contribution in [2.75, 3.05) is 0 Å². The first-order valence-electron chi connectivity index (χ1n) is 4.74. The second kappa shape index (κ2) is 4.00. The number of benzene rings is 1. The van der Waals surface area contributed by atoms with Gasteiger partial charge in [0.2, 0.25) is 0 Å². The van der Waals surface area contributed by atoms with E-state index in [1.54, 1.807) is 13.0 Å². The molecule has 0 saturated heterocycles. The van der Waals surface area contributed by atoms with Gasteiger partial charge in [0.25, 0.3) is 0 Å². The number of fused-ring (bicyclic) bond motifs is 1. The number of hydrogen-bond acceptors (Lipinski definition) is 2. The van der Waals surface area contributed by atoms with E-state index < -0.39 is 0 Å². The molecule has 3 nitrogen and oxygen atoms in total. The Morgan fingerprint density at radius 1 is 1.40 bits per heavy atom. The molecule has 76 valence electrons.